The van der Waals surface area contributed by atoms with E-state index in [9.17, 15) is 5.11 Å². The summed E-state index contributed by atoms with van der Waals surface area (Å²) in [5.74, 6) is 2.31. The van der Waals surface area contributed by atoms with Crippen LogP contribution >= 0.6 is 11.6 Å². The Morgan fingerprint density at radius 2 is 1.63 bits per heavy atom. The summed E-state index contributed by atoms with van der Waals surface area (Å²) >= 11 is 6.02. The number of phenolic OH excluding ortho intramolecular Hbond substituents is 1. The second-order valence-corrected chi connectivity index (χ2v) is 11.3. The Balaban J connectivity index is 1.75. The van der Waals surface area contributed by atoms with E-state index in [-0.39, 0.29) is 11.9 Å². The number of nitrogens with zero attached hydrogens (tertiary/aromatic N) is 1. The van der Waals surface area contributed by atoms with Gasteiger partial charge in [-0.05, 0) is 69.6 Å². The van der Waals surface area contributed by atoms with Gasteiger partial charge >= 0.3 is 0 Å². The number of rotatable bonds is 20. The number of nitrogens with one attached hydrogen (secondary N) is 2. The lowest BCUT2D eigenvalue weighted by atomic mass is 10.1. The molecular weight excluding hydrogens is 562 g/mol. The van der Waals surface area contributed by atoms with Gasteiger partial charge in [0.05, 0.1) is 25.0 Å². The number of ether oxygens (including phenoxy) is 3. The molecule has 0 spiro atoms. The van der Waals surface area contributed by atoms with Crippen LogP contribution < -0.4 is 24.8 Å². The molecule has 3 aromatic rings. The van der Waals surface area contributed by atoms with E-state index in [0.717, 1.165) is 79.6 Å². The zero-order chi connectivity index (χ0) is 31.0. The highest BCUT2D eigenvalue weighted by molar-refractivity contribution is 6.30. The first kappa shape index (κ1) is 34.2. The van der Waals surface area contributed by atoms with E-state index < -0.39 is 0 Å². The van der Waals surface area contributed by atoms with Gasteiger partial charge in [-0.25, -0.2) is 0 Å². The molecule has 0 atom stereocenters. The Bertz CT molecular complexity index is 1230. The predicted molar refractivity (Wildman–Crippen MR) is 180 cm³/mol. The molecule has 0 heterocycles. The summed E-state index contributed by atoms with van der Waals surface area (Å²) in [6.07, 6.45) is 3.83. The molecule has 0 amide bonds. The van der Waals surface area contributed by atoms with Crippen molar-refractivity contribution in [1.82, 2.24) is 4.90 Å². The number of halogens is 1. The van der Waals surface area contributed by atoms with Crippen molar-refractivity contribution in [2.24, 2.45) is 0 Å². The van der Waals surface area contributed by atoms with E-state index in [1.54, 1.807) is 6.07 Å². The van der Waals surface area contributed by atoms with Crippen molar-refractivity contribution >= 4 is 23.0 Å². The monoisotopic (exact) mass is 611 g/mol. The highest BCUT2D eigenvalue weighted by Gasteiger charge is 2.14. The van der Waals surface area contributed by atoms with Gasteiger partial charge in [0.1, 0.15) is 28.7 Å². The number of hydrogen-bond acceptors (Lipinski definition) is 7. The average Bonchev–Trinajstić information content (AvgIpc) is 2.98. The largest absolute Gasteiger partial charge is 0.506 e. The van der Waals surface area contributed by atoms with E-state index in [2.05, 4.69) is 36.3 Å². The number of unbranched alkanes of at least 4 members (excludes halogenated alkanes) is 1. The highest BCUT2D eigenvalue weighted by Crippen LogP contribution is 2.38. The third-order valence-corrected chi connectivity index (χ3v) is 7.40. The van der Waals surface area contributed by atoms with Crippen molar-refractivity contribution in [2.75, 3.05) is 50.0 Å². The third kappa shape index (κ3) is 11.7. The van der Waals surface area contributed by atoms with Gasteiger partial charge in [0.2, 0.25) is 0 Å². The molecule has 0 saturated carbocycles. The Labute approximate surface area is 263 Å². The Morgan fingerprint density at radius 1 is 0.860 bits per heavy atom. The van der Waals surface area contributed by atoms with Gasteiger partial charge in [-0.2, -0.15) is 0 Å². The van der Waals surface area contributed by atoms with Crippen LogP contribution in [0.4, 0.5) is 11.4 Å². The maximum absolute atomic E-state index is 11.0. The van der Waals surface area contributed by atoms with E-state index in [0.29, 0.717) is 31.2 Å². The molecule has 3 rings (SSSR count). The Hall–Kier alpha value is -3.29. The molecule has 236 valence electrons. The first-order valence-corrected chi connectivity index (χ1v) is 16.1. The fourth-order valence-corrected chi connectivity index (χ4v) is 4.83. The summed E-state index contributed by atoms with van der Waals surface area (Å²) in [5, 5.41) is 18.6. The van der Waals surface area contributed by atoms with Crippen LogP contribution in [0.1, 0.15) is 65.0 Å². The smallest absolute Gasteiger partial charge is 0.144 e. The van der Waals surface area contributed by atoms with Crippen molar-refractivity contribution in [2.45, 2.75) is 73.0 Å². The molecule has 0 radical (unpaired) electrons. The Kier molecular flexibility index (Phi) is 14.6. The van der Waals surface area contributed by atoms with Gasteiger partial charge in [0.15, 0.2) is 0 Å². The molecule has 0 aliphatic carbocycles. The van der Waals surface area contributed by atoms with Crippen LogP contribution in [0.15, 0.2) is 54.6 Å². The summed E-state index contributed by atoms with van der Waals surface area (Å²) in [6, 6.07) is 17.4. The van der Waals surface area contributed by atoms with Gasteiger partial charge in [-0.1, -0.05) is 50.9 Å². The summed E-state index contributed by atoms with van der Waals surface area (Å²) in [7, 11) is 0. The normalized spacial score (nSPS) is 11.2. The zero-order valence-electron chi connectivity index (χ0n) is 26.5. The van der Waals surface area contributed by atoms with Gasteiger partial charge < -0.3 is 34.9 Å². The van der Waals surface area contributed by atoms with Crippen LogP contribution in [-0.4, -0.2) is 55.5 Å². The van der Waals surface area contributed by atoms with Crippen LogP contribution in [0.3, 0.4) is 0 Å². The number of hydrogen-bond donors (Lipinski definition) is 3. The van der Waals surface area contributed by atoms with Crippen molar-refractivity contribution in [3.05, 3.63) is 70.7 Å². The second-order valence-electron chi connectivity index (χ2n) is 10.9. The number of benzene rings is 3. The summed E-state index contributed by atoms with van der Waals surface area (Å²) in [6.45, 7) is 15.9. The predicted octanol–water partition coefficient (Wildman–Crippen LogP) is 8.39. The number of phenols is 1. The van der Waals surface area contributed by atoms with Crippen LogP contribution in [0.25, 0.3) is 0 Å². The first-order valence-electron chi connectivity index (χ1n) is 15.7. The number of anilines is 2. The molecule has 0 saturated heterocycles. The molecule has 3 aromatic carbocycles. The minimum Gasteiger partial charge on any atom is -0.506 e. The highest BCUT2D eigenvalue weighted by atomic mass is 35.5. The maximum Gasteiger partial charge on any atom is 0.144 e. The van der Waals surface area contributed by atoms with Gasteiger partial charge in [-0.3, -0.25) is 0 Å². The molecular formula is C35H50ClN3O4. The van der Waals surface area contributed by atoms with E-state index >= 15 is 0 Å². The van der Waals surface area contributed by atoms with E-state index in [4.69, 9.17) is 25.8 Å². The van der Waals surface area contributed by atoms with Crippen molar-refractivity contribution < 1.29 is 19.3 Å². The van der Waals surface area contributed by atoms with Crippen molar-refractivity contribution in [3.63, 3.8) is 0 Å². The Morgan fingerprint density at radius 3 is 2.33 bits per heavy atom. The van der Waals surface area contributed by atoms with Crippen molar-refractivity contribution in [1.29, 1.82) is 0 Å². The van der Waals surface area contributed by atoms with Crippen LogP contribution in [0.2, 0.25) is 5.02 Å². The zero-order valence-corrected chi connectivity index (χ0v) is 27.3. The maximum atomic E-state index is 11.0. The summed E-state index contributed by atoms with van der Waals surface area (Å²) < 4.78 is 18.3. The molecule has 0 aliphatic rings. The molecule has 8 heteroatoms. The second kappa shape index (κ2) is 18.4. The molecule has 3 N–H and O–H groups in total. The fourth-order valence-electron chi connectivity index (χ4n) is 4.70. The van der Waals surface area contributed by atoms with Crippen LogP contribution in [0, 0.1) is 0 Å². The molecule has 7 nitrogen and oxygen atoms in total. The minimum atomic E-state index is 0.00932. The van der Waals surface area contributed by atoms with Crippen LogP contribution in [-0.2, 0) is 13.0 Å². The molecule has 0 unspecified atom stereocenters. The van der Waals surface area contributed by atoms with Crippen LogP contribution in [0.5, 0.6) is 23.0 Å². The summed E-state index contributed by atoms with van der Waals surface area (Å²) in [5.41, 5.74) is 3.61. The minimum absolute atomic E-state index is 0.00932. The molecule has 0 aliphatic heterocycles. The van der Waals surface area contributed by atoms with Gasteiger partial charge in [0, 0.05) is 54.8 Å². The summed E-state index contributed by atoms with van der Waals surface area (Å²) in [4.78, 5) is 2.39. The lowest BCUT2D eigenvalue weighted by molar-refractivity contribution is 0.241. The molecule has 0 aromatic heterocycles. The molecule has 0 fully saturated rings. The van der Waals surface area contributed by atoms with E-state index in [1.165, 1.54) is 5.56 Å². The molecule has 0 bridgehead atoms. The van der Waals surface area contributed by atoms with Gasteiger partial charge in [-0.15, -0.1) is 0 Å². The lowest BCUT2D eigenvalue weighted by Gasteiger charge is -2.20. The van der Waals surface area contributed by atoms with E-state index in [1.807, 2.05) is 62.4 Å². The third-order valence-electron chi connectivity index (χ3n) is 7.15. The average molecular weight is 612 g/mol. The SMILES string of the molecule is CCCCNc1cc(OC(C)C)cc(O)c1NCc1ccc(OCCc2ccc(Cl)cc2)cc1OCCCN(CC)CC. The first-order chi connectivity index (χ1) is 20.8. The van der Waals surface area contributed by atoms with Gasteiger partial charge in [0.25, 0.3) is 0 Å². The number of aromatic hydroxyl groups is 1. The fraction of sp³-hybridized carbons (Fsp3) is 0.486. The standard InChI is InChI=1S/C35H50ClN3O4/c1-6-9-18-37-32-22-31(43-26(4)5)23-33(40)35(32)38-25-28-13-16-30(41-21-17-27-11-14-29(36)15-12-27)24-34(28)42-20-10-19-39(7-2)8-3/h11-16,22-24,26,37-38,40H,6-10,17-21,25H2,1-5H3. The molecule has 43 heavy (non-hydrogen) atoms. The lowest BCUT2D eigenvalue weighted by Crippen LogP contribution is -2.25. The van der Waals surface area contributed by atoms with Crippen molar-refractivity contribution in [3.8, 4) is 23.0 Å². The quantitative estimate of drug-likeness (QED) is 0.0875. The topological polar surface area (TPSA) is 75.2 Å².